The van der Waals surface area contributed by atoms with Crippen molar-refractivity contribution in [3.8, 4) is 0 Å². The molecule has 2 aliphatic rings. The molecule has 2 aliphatic carbocycles. The molecule has 0 saturated heterocycles. The number of halogens is 1. The summed E-state index contributed by atoms with van der Waals surface area (Å²) in [6.07, 6.45) is 6.06. The predicted molar refractivity (Wildman–Crippen MR) is 90.3 cm³/mol. The fourth-order valence-corrected chi connectivity index (χ4v) is 2.61. The largest absolute Gasteiger partial charge is 0.354 e. The van der Waals surface area contributed by atoms with Crippen molar-refractivity contribution >= 4 is 29.9 Å². The summed E-state index contributed by atoms with van der Waals surface area (Å²) in [5.74, 6) is 0.974. The molecule has 4 heteroatoms. The molecule has 2 N–H and O–H groups in total. The maximum Gasteiger partial charge on any atom is 0.191 e. The van der Waals surface area contributed by atoms with Crippen LogP contribution in [0.4, 0.5) is 0 Å². The van der Waals surface area contributed by atoms with Crippen LogP contribution in [-0.4, -0.2) is 25.1 Å². The molecule has 0 spiro atoms. The molecule has 19 heavy (non-hydrogen) atoms. The van der Waals surface area contributed by atoms with E-state index in [1.807, 2.05) is 7.05 Å². The van der Waals surface area contributed by atoms with Crippen molar-refractivity contribution in [2.45, 2.75) is 44.2 Å². The van der Waals surface area contributed by atoms with E-state index in [1.54, 1.807) is 0 Å². The number of aliphatic imine (C=N–C) groups is 1. The lowest BCUT2D eigenvalue weighted by Gasteiger charge is -2.27. The van der Waals surface area contributed by atoms with Gasteiger partial charge in [-0.1, -0.05) is 24.3 Å². The van der Waals surface area contributed by atoms with Gasteiger partial charge in [-0.25, -0.2) is 0 Å². The van der Waals surface area contributed by atoms with Gasteiger partial charge in [0.1, 0.15) is 0 Å². The molecule has 1 saturated carbocycles. The minimum atomic E-state index is 0. The van der Waals surface area contributed by atoms with Gasteiger partial charge >= 0.3 is 0 Å². The average Bonchev–Trinajstić information content (AvgIpc) is 3.22. The Balaban J connectivity index is 0.00000133. The van der Waals surface area contributed by atoms with Gasteiger partial charge in [0.15, 0.2) is 5.96 Å². The van der Waals surface area contributed by atoms with E-state index in [0.717, 1.165) is 12.4 Å². The van der Waals surface area contributed by atoms with Crippen LogP contribution in [0, 0.1) is 0 Å². The van der Waals surface area contributed by atoms with Crippen molar-refractivity contribution in [3.63, 3.8) is 0 Å². The van der Waals surface area contributed by atoms with Gasteiger partial charge in [0.05, 0.1) is 0 Å². The Morgan fingerprint density at radius 3 is 2.42 bits per heavy atom. The minimum absolute atomic E-state index is 0. The van der Waals surface area contributed by atoms with Crippen LogP contribution < -0.4 is 10.6 Å². The van der Waals surface area contributed by atoms with Crippen molar-refractivity contribution in [3.05, 3.63) is 35.4 Å². The van der Waals surface area contributed by atoms with E-state index < -0.39 is 0 Å². The zero-order valence-electron chi connectivity index (χ0n) is 11.4. The third-order valence-electron chi connectivity index (χ3n) is 3.83. The van der Waals surface area contributed by atoms with Gasteiger partial charge in [-0.15, -0.1) is 24.0 Å². The van der Waals surface area contributed by atoms with Crippen LogP contribution in [0.5, 0.6) is 0 Å². The molecular weight excluding hydrogens is 349 g/mol. The number of fused-ring (bicyclic) bond motifs is 1. The standard InChI is InChI=1S/C15H21N3.HI/c1-16-15(17-13-8-9-13)18-14-7-6-11-4-2-3-5-12(11)10-14;/h2-5,13-14H,6-10H2,1H3,(H2,16,17,18);1H. The Morgan fingerprint density at radius 1 is 1.05 bits per heavy atom. The SMILES string of the molecule is CN=C(NC1CC1)NC1CCc2ccccc2C1.I. The van der Waals surface area contributed by atoms with Gasteiger partial charge in [0.25, 0.3) is 0 Å². The Bertz CT molecular complexity index is 454. The number of aryl methyl sites for hydroxylation is 1. The van der Waals surface area contributed by atoms with Crippen LogP contribution in [0.2, 0.25) is 0 Å². The molecule has 0 radical (unpaired) electrons. The first-order valence-corrected chi connectivity index (χ1v) is 6.92. The number of benzene rings is 1. The number of hydrogen-bond acceptors (Lipinski definition) is 1. The molecule has 1 aromatic rings. The first-order valence-electron chi connectivity index (χ1n) is 6.92. The van der Waals surface area contributed by atoms with Gasteiger partial charge < -0.3 is 10.6 Å². The molecule has 0 heterocycles. The maximum absolute atomic E-state index is 4.31. The van der Waals surface area contributed by atoms with Crippen LogP contribution >= 0.6 is 24.0 Å². The van der Waals surface area contributed by atoms with Crippen LogP contribution in [-0.2, 0) is 12.8 Å². The van der Waals surface area contributed by atoms with Crippen molar-refractivity contribution in [1.29, 1.82) is 0 Å². The highest BCUT2D eigenvalue weighted by atomic mass is 127. The maximum atomic E-state index is 4.31. The van der Waals surface area contributed by atoms with Crippen LogP contribution in [0.15, 0.2) is 29.3 Å². The lowest BCUT2D eigenvalue weighted by Crippen LogP contribution is -2.46. The van der Waals surface area contributed by atoms with Crippen molar-refractivity contribution in [2.24, 2.45) is 4.99 Å². The summed E-state index contributed by atoms with van der Waals surface area (Å²) in [5, 5.41) is 7.01. The quantitative estimate of drug-likeness (QED) is 0.476. The Kier molecular flexibility index (Phi) is 5.07. The molecule has 0 bridgehead atoms. The zero-order valence-corrected chi connectivity index (χ0v) is 13.7. The van der Waals surface area contributed by atoms with E-state index in [2.05, 4.69) is 39.9 Å². The lowest BCUT2D eigenvalue weighted by atomic mass is 9.88. The molecular formula is C15H22IN3. The fraction of sp³-hybridized carbons (Fsp3) is 0.533. The molecule has 1 aromatic carbocycles. The first-order chi connectivity index (χ1) is 8.85. The van der Waals surface area contributed by atoms with Crippen LogP contribution in [0.25, 0.3) is 0 Å². The molecule has 0 amide bonds. The Morgan fingerprint density at radius 2 is 1.74 bits per heavy atom. The molecule has 1 unspecified atom stereocenters. The number of nitrogens with one attached hydrogen (secondary N) is 2. The minimum Gasteiger partial charge on any atom is -0.354 e. The van der Waals surface area contributed by atoms with E-state index in [4.69, 9.17) is 0 Å². The molecule has 0 aromatic heterocycles. The summed E-state index contributed by atoms with van der Waals surface area (Å²) in [4.78, 5) is 4.31. The summed E-state index contributed by atoms with van der Waals surface area (Å²) in [7, 11) is 1.86. The summed E-state index contributed by atoms with van der Waals surface area (Å²) < 4.78 is 0. The highest BCUT2D eigenvalue weighted by Gasteiger charge is 2.24. The van der Waals surface area contributed by atoms with Crippen molar-refractivity contribution in [1.82, 2.24) is 10.6 Å². The second-order valence-corrected chi connectivity index (χ2v) is 5.34. The van der Waals surface area contributed by atoms with Gasteiger partial charge in [-0.05, 0) is 43.2 Å². The molecule has 3 nitrogen and oxygen atoms in total. The van der Waals surface area contributed by atoms with Crippen LogP contribution in [0.3, 0.4) is 0 Å². The number of hydrogen-bond donors (Lipinski definition) is 2. The molecule has 104 valence electrons. The topological polar surface area (TPSA) is 36.4 Å². The van der Waals surface area contributed by atoms with Gasteiger partial charge in [-0.2, -0.15) is 0 Å². The summed E-state index contributed by atoms with van der Waals surface area (Å²) in [6, 6.07) is 9.96. The van der Waals surface area contributed by atoms with E-state index in [0.29, 0.717) is 12.1 Å². The van der Waals surface area contributed by atoms with Gasteiger partial charge in [0.2, 0.25) is 0 Å². The second kappa shape index (κ2) is 6.59. The summed E-state index contributed by atoms with van der Waals surface area (Å²) in [5.41, 5.74) is 3.00. The van der Waals surface area contributed by atoms with E-state index in [9.17, 15) is 0 Å². The summed E-state index contributed by atoms with van der Waals surface area (Å²) >= 11 is 0. The summed E-state index contributed by atoms with van der Waals surface area (Å²) in [6.45, 7) is 0. The number of nitrogens with zero attached hydrogens (tertiary/aromatic N) is 1. The molecule has 1 fully saturated rings. The first kappa shape index (κ1) is 14.6. The highest BCUT2D eigenvalue weighted by Crippen LogP contribution is 2.21. The smallest absolute Gasteiger partial charge is 0.191 e. The van der Waals surface area contributed by atoms with Crippen molar-refractivity contribution in [2.75, 3.05) is 7.05 Å². The van der Waals surface area contributed by atoms with E-state index in [1.165, 1.54) is 36.8 Å². The van der Waals surface area contributed by atoms with E-state index >= 15 is 0 Å². The van der Waals surface area contributed by atoms with Crippen LogP contribution in [0.1, 0.15) is 30.4 Å². The Hall–Kier alpha value is -0.780. The highest BCUT2D eigenvalue weighted by molar-refractivity contribution is 14.0. The third-order valence-corrected chi connectivity index (χ3v) is 3.83. The lowest BCUT2D eigenvalue weighted by molar-refractivity contribution is 0.520. The average molecular weight is 371 g/mol. The van der Waals surface area contributed by atoms with Gasteiger partial charge in [-0.3, -0.25) is 4.99 Å². The van der Waals surface area contributed by atoms with E-state index in [-0.39, 0.29) is 24.0 Å². The van der Waals surface area contributed by atoms with Crippen molar-refractivity contribution < 1.29 is 0 Å². The van der Waals surface area contributed by atoms with Gasteiger partial charge in [0, 0.05) is 19.1 Å². The predicted octanol–water partition coefficient (Wildman–Crippen LogP) is 2.49. The molecule has 1 atom stereocenters. The number of guanidine groups is 1. The zero-order chi connectivity index (χ0) is 12.4. The number of rotatable bonds is 2. The Labute approximate surface area is 132 Å². The second-order valence-electron chi connectivity index (χ2n) is 5.34. The fourth-order valence-electron chi connectivity index (χ4n) is 2.61. The molecule has 3 rings (SSSR count). The molecule has 0 aliphatic heterocycles. The monoisotopic (exact) mass is 371 g/mol. The third kappa shape index (κ3) is 3.84. The normalized spacial score (nSPS) is 22.2.